The van der Waals surface area contributed by atoms with Crippen molar-refractivity contribution in [3.8, 4) is 5.69 Å². The lowest BCUT2D eigenvalue weighted by molar-refractivity contribution is -0.138. The SMILES string of the molecule is O=C(O)CCC(=O)NC(c1cnn(-c2ccccc2)c1)c1cc2ccccc2o1. The van der Waals surface area contributed by atoms with Gasteiger partial charge in [0.1, 0.15) is 17.4 Å². The van der Waals surface area contributed by atoms with Gasteiger partial charge < -0.3 is 14.8 Å². The standard InChI is InChI=1S/C22H19N3O4/c26-20(10-11-21(27)28)24-22(19-12-15-6-4-5-9-18(15)29-19)16-13-23-25(14-16)17-7-2-1-3-8-17/h1-9,12-14,22H,10-11H2,(H,24,26)(H,27,28). The van der Waals surface area contributed by atoms with Gasteiger partial charge in [0.15, 0.2) is 0 Å². The molecule has 2 aromatic heterocycles. The number of para-hydroxylation sites is 2. The second-order valence-corrected chi connectivity index (χ2v) is 6.63. The fourth-order valence-electron chi connectivity index (χ4n) is 3.12. The van der Waals surface area contributed by atoms with E-state index in [1.54, 1.807) is 10.9 Å². The Bertz CT molecular complexity index is 1110. The molecule has 29 heavy (non-hydrogen) atoms. The number of carbonyl (C=O) groups is 2. The quantitative estimate of drug-likeness (QED) is 0.502. The van der Waals surface area contributed by atoms with E-state index in [1.165, 1.54) is 0 Å². The Labute approximate surface area is 166 Å². The molecule has 7 nitrogen and oxygen atoms in total. The number of carbonyl (C=O) groups excluding carboxylic acids is 1. The summed E-state index contributed by atoms with van der Waals surface area (Å²) in [7, 11) is 0. The first-order chi connectivity index (χ1) is 14.1. The van der Waals surface area contributed by atoms with Crippen LogP contribution in [0.25, 0.3) is 16.7 Å². The number of aliphatic carboxylic acids is 1. The molecule has 4 aromatic rings. The van der Waals surface area contributed by atoms with Crippen LogP contribution in [0.15, 0.2) is 77.5 Å². The van der Waals surface area contributed by atoms with Crippen LogP contribution in [0.1, 0.15) is 30.2 Å². The first kappa shape index (κ1) is 18.5. The molecule has 1 unspecified atom stereocenters. The number of rotatable bonds is 7. The molecule has 146 valence electrons. The fraction of sp³-hybridized carbons (Fsp3) is 0.136. The van der Waals surface area contributed by atoms with Crippen LogP contribution in [0.5, 0.6) is 0 Å². The van der Waals surface area contributed by atoms with Crippen molar-refractivity contribution in [3.05, 3.63) is 84.4 Å². The molecule has 2 heterocycles. The molecule has 2 N–H and O–H groups in total. The molecule has 0 fully saturated rings. The van der Waals surface area contributed by atoms with Gasteiger partial charge in [-0.15, -0.1) is 0 Å². The Balaban J connectivity index is 1.67. The molecule has 0 radical (unpaired) electrons. The lowest BCUT2D eigenvalue weighted by Crippen LogP contribution is -2.29. The highest BCUT2D eigenvalue weighted by Crippen LogP contribution is 2.28. The summed E-state index contributed by atoms with van der Waals surface area (Å²) < 4.78 is 7.67. The molecular weight excluding hydrogens is 370 g/mol. The number of nitrogens with one attached hydrogen (secondary N) is 1. The summed E-state index contributed by atoms with van der Waals surface area (Å²) >= 11 is 0. The normalized spacial score (nSPS) is 12.0. The van der Waals surface area contributed by atoms with Gasteiger partial charge in [-0.3, -0.25) is 9.59 Å². The van der Waals surface area contributed by atoms with E-state index in [4.69, 9.17) is 9.52 Å². The van der Waals surface area contributed by atoms with Crippen molar-refractivity contribution in [2.24, 2.45) is 0 Å². The molecule has 0 bridgehead atoms. The largest absolute Gasteiger partial charge is 0.481 e. The Morgan fingerprint density at radius 1 is 1.07 bits per heavy atom. The molecule has 1 amide bonds. The highest BCUT2D eigenvalue weighted by molar-refractivity contribution is 5.82. The molecule has 0 saturated heterocycles. The van der Waals surface area contributed by atoms with E-state index in [0.29, 0.717) is 11.3 Å². The average Bonchev–Trinajstić information content (AvgIpc) is 3.38. The maximum atomic E-state index is 12.4. The number of carboxylic acids is 1. The van der Waals surface area contributed by atoms with E-state index in [9.17, 15) is 9.59 Å². The maximum absolute atomic E-state index is 12.4. The third kappa shape index (κ3) is 4.19. The third-order valence-electron chi connectivity index (χ3n) is 4.56. The van der Waals surface area contributed by atoms with Crippen LogP contribution < -0.4 is 5.32 Å². The van der Waals surface area contributed by atoms with Gasteiger partial charge in [-0.1, -0.05) is 36.4 Å². The highest BCUT2D eigenvalue weighted by Gasteiger charge is 2.23. The van der Waals surface area contributed by atoms with Crippen LogP contribution in [0, 0.1) is 0 Å². The van der Waals surface area contributed by atoms with Gasteiger partial charge in [-0.25, -0.2) is 4.68 Å². The Morgan fingerprint density at radius 3 is 2.59 bits per heavy atom. The summed E-state index contributed by atoms with van der Waals surface area (Å²) in [5.41, 5.74) is 2.33. The van der Waals surface area contributed by atoms with Crippen molar-refractivity contribution < 1.29 is 19.1 Å². The molecule has 7 heteroatoms. The van der Waals surface area contributed by atoms with E-state index < -0.39 is 12.0 Å². The van der Waals surface area contributed by atoms with Crippen LogP contribution in [-0.4, -0.2) is 26.8 Å². The molecule has 0 aliphatic carbocycles. The zero-order chi connectivity index (χ0) is 20.2. The van der Waals surface area contributed by atoms with Gasteiger partial charge in [0, 0.05) is 23.6 Å². The van der Waals surface area contributed by atoms with Gasteiger partial charge in [0.05, 0.1) is 18.3 Å². The van der Waals surface area contributed by atoms with Crippen molar-refractivity contribution in [1.29, 1.82) is 0 Å². The van der Waals surface area contributed by atoms with E-state index in [1.807, 2.05) is 66.9 Å². The average molecular weight is 389 g/mol. The first-order valence-corrected chi connectivity index (χ1v) is 9.20. The number of hydrogen-bond acceptors (Lipinski definition) is 4. The number of nitrogens with zero attached hydrogens (tertiary/aromatic N) is 2. The Kier molecular flexibility index (Phi) is 5.11. The van der Waals surface area contributed by atoms with Crippen molar-refractivity contribution in [1.82, 2.24) is 15.1 Å². The highest BCUT2D eigenvalue weighted by atomic mass is 16.4. The zero-order valence-corrected chi connectivity index (χ0v) is 15.5. The van der Waals surface area contributed by atoms with Gasteiger partial charge in [-0.2, -0.15) is 5.10 Å². The monoisotopic (exact) mass is 389 g/mol. The number of aromatic nitrogens is 2. The van der Waals surface area contributed by atoms with Gasteiger partial charge in [0.2, 0.25) is 5.91 Å². The molecule has 0 aliphatic rings. The number of benzene rings is 2. The lowest BCUT2D eigenvalue weighted by atomic mass is 10.1. The topological polar surface area (TPSA) is 97.4 Å². The van der Waals surface area contributed by atoms with E-state index >= 15 is 0 Å². The summed E-state index contributed by atoms with van der Waals surface area (Å²) in [4.78, 5) is 23.1. The molecule has 2 aromatic carbocycles. The number of amides is 1. The zero-order valence-electron chi connectivity index (χ0n) is 15.5. The smallest absolute Gasteiger partial charge is 0.303 e. The molecular formula is C22H19N3O4. The Morgan fingerprint density at radius 2 is 1.83 bits per heavy atom. The van der Waals surface area contributed by atoms with Crippen LogP contribution in [0.2, 0.25) is 0 Å². The summed E-state index contributed by atoms with van der Waals surface area (Å²) in [6, 6.07) is 18.5. The van der Waals surface area contributed by atoms with Crippen molar-refractivity contribution >= 4 is 22.8 Å². The fourth-order valence-corrected chi connectivity index (χ4v) is 3.12. The van der Waals surface area contributed by atoms with Gasteiger partial charge >= 0.3 is 5.97 Å². The number of carboxylic acid groups (broad SMARTS) is 1. The number of fused-ring (bicyclic) bond motifs is 1. The molecule has 4 rings (SSSR count). The molecule has 0 aliphatic heterocycles. The van der Waals surface area contributed by atoms with Crippen LogP contribution in [-0.2, 0) is 9.59 Å². The van der Waals surface area contributed by atoms with Gasteiger partial charge in [0.25, 0.3) is 0 Å². The van der Waals surface area contributed by atoms with E-state index in [0.717, 1.165) is 16.6 Å². The van der Waals surface area contributed by atoms with Gasteiger partial charge in [-0.05, 0) is 24.3 Å². The minimum Gasteiger partial charge on any atom is -0.481 e. The third-order valence-corrected chi connectivity index (χ3v) is 4.56. The lowest BCUT2D eigenvalue weighted by Gasteiger charge is -2.15. The Hall–Kier alpha value is -3.87. The molecule has 0 saturated carbocycles. The first-order valence-electron chi connectivity index (χ1n) is 9.20. The van der Waals surface area contributed by atoms with Crippen molar-refractivity contribution in [2.45, 2.75) is 18.9 Å². The molecule has 1 atom stereocenters. The molecule has 0 spiro atoms. The minimum atomic E-state index is -1.02. The summed E-state index contributed by atoms with van der Waals surface area (Å²) in [6.07, 6.45) is 3.15. The summed E-state index contributed by atoms with van der Waals surface area (Å²) in [5.74, 6) is -0.829. The second kappa shape index (κ2) is 8.02. The van der Waals surface area contributed by atoms with Crippen molar-refractivity contribution in [2.75, 3.05) is 0 Å². The van der Waals surface area contributed by atoms with E-state index in [2.05, 4.69) is 10.4 Å². The summed E-state index contributed by atoms with van der Waals surface area (Å²) in [6.45, 7) is 0. The minimum absolute atomic E-state index is 0.112. The predicted molar refractivity (Wildman–Crippen MR) is 107 cm³/mol. The van der Waals surface area contributed by atoms with Crippen LogP contribution >= 0.6 is 0 Å². The van der Waals surface area contributed by atoms with E-state index in [-0.39, 0.29) is 18.7 Å². The number of furan rings is 1. The maximum Gasteiger partial charge on any atom is 0.303 e. The van der Waals surface area contributed by atoms with Crippen LogP contribution in [0.3, 0.4) is 0 Å². The van der Waals surface area contributed by atoms with Crippen LogP contribution in [0.4, 0.5) is 0 Å². The number of hydrogen-bond donors (Lipinski definition) is 2. The predicted octanol–water partition coefficient (Wildman–Crippen LogP) is 3.69. The van der Waals surface area contributed by atoms with Crippen molar-refractivity contribution in [3.63, 3.8) is 0 Å². The summed E-state index contributed by atoms with van der Waals surface area (Å²) in [5, 5.41) is 17.0. The second-order valence-electron chi connectivity index (χ2n) is 6.63.